The summed E-state index contributed by atoms with van der Waals surface area (Å²) in [6, 6.07) is 10.4. The fraction of sp³-hybridized carbons (Fsp3) is 0.344. The molecule has 0 aliphatic heterocycles. The Morgan fingerprint density at radius 2 is 1.71 bits per heavy atom. The summed E-state index contributed by atoms with van der Waals surface area (Å²) in [5.41, 5.74) is 5.63. The van der Waals surface area contributed by atoms with Gasteiger partial charge < -0.3 is 25.6 Å². The summed E-state index contributed by atoms with van der Waals surface area (Å²) in [4.78, 5) is 46.7. The van der Waals surface area contributed by atoms with Gasteiger partial charge in [-0.15, -0.1) is 28.1 Å². The molecule has 2 aromatic carbocycles. The van der Waals surface area contributed by atoms with Crippen LogP contribution in [0.3, 0.4) is 0 Å². The number of aliphatic imine (C=N–C) groups is 2. The number of hydrogen-bond donors (Lipinski definition) is 3. The molecule has 0 saturated carbocycles. The van der Waals surface area contributed by atoms with Gasteiger partial charge in [0.25, 0.3) is 0 Å². The average Bonchev–Trinajstić information content (AvgIpc) is 3.40. The number of aryl methyl sites for hydroxylation is 1. The van der Waals surface area contributed by atoms with E-state index in [2.05, 4.69) is 15.3 Å². The van der Waals surface area contributed by atoms with Gasteiger partial charge >= 0.3 is 12.2 Å². The summed E-state index contributed by atoms with van der Waals surface area (Å²) in [6.45, 7) is 16.0. The van der Waals surface area contributed by atoms with Crippen molar-refractivity contribution in [3.05, 3.63) is 48.0 Å². The molecule has 3 amide bonds. The van der Waals surface area contributed by atoms with Gasteiger partial charge in [-0.3, -0.25) is 4.79 Å². The second kappa shape index (κ2) is 14.9. The van der Waals surface area contributed by atoms with Gasteiger partial charge in [-0.25, -0.2) is 27.9 Å². The number of nitrogens with zero attached hydrogens (tertiary/aromatic N) is 3. The molecule has 16 heteroatoms. The largest absolute Gasteiger partial charge is 0.443 e. The van der Waals surface area contributed by atoms with E-state index in [9.17, 15) is 27.9 Å². The summed E-state index contributed by atoms with van der Waals surface area (Å²) in [5.74, 6) is -1.38. The molecular weight excluding hydrogens is 679 g/mol. The third-order valence-electron chi connectivity index (χ3n) is 6.09. The molecule has 0 atom stereocenters. The highest BCUT2D eigenvalue weighted by atomic mass is 32.2. The van der Waals surface area contributed by atoms with Gasteiger partial charge in [-0.05, 0) is 96.2 Å². The number of benzene rings is 2. The molecule has 0 saturated heterocycles. The lowest BCUT2D eigenvalue weighted by Gasteiger charge is -2.28. The van der Waals surface area contributed by atoms with Gasteiger partial charge in [0.15, 0.2) is 0 Å². The summed E-state index contributed by atoms with van der Waals surface area (Å²) < 4.78 is 38.9. The number of nitrogens with one attached hydrogen (secondary N) is 1. The summed E-state index contributed by atoms with van der Waals surface area (Å²) in [5, 5.41) is 12.5. The van der Waals surface area contributed by atoms with Gasteiger partial charge in [0.2, 0.25) is 21.7 Å². The number of carbonyl (C=O) groups excluding carboxylic acids is 3. The molecule has 0 bridgehead atoms. The molecule has 0 spiro atoms. The topological polar surface area (TPSA) is 190 Å². The van der Waals surface area contributed by atoms with Crippen LogP contribution in [0.2, 0.25) is 0 Å². The molecule has 1 heterocycles. The van der Waals surface area contributed by atoms with Gasteiger partial charge in [-0.2, -0.15) is 0 Å². The number of carbonyl (C=O) groups is 3. The minimum atomic E-state index is -4.04. The molecule has 0 fully saturated rings. The van der Waals surface area contributed by atoms with Crippen LogP contribution in [0.5, 0.6) is 0 Å². The monoisotopic (exact) mass is 716 g/mol. The molecule has 0 aliphatic carbocycles. The predicted octanol–water partition coefficient (Wildman–Crippen LogP) is 6.41. The smallest absolute Gasteiger partial charge is 0.437 e. The zero-order valence-corrected chi connectivity index (χ0v) is 30.2. The zero-order chi connectivity index (χ0) is 36.2. The number of hydrogen-bond acceptors (Lipinski definition) is 11. The number of thiophene rings is 1. The van der Waals surface area contributed by atoms with Crippen molar-refractivity contribution < 1.29 is 37.4 Å². The first-order valence-corrected chi connectivity index (χ1v) is 17.8. The highest BCUT2D eigenvalue weighted by Gasteiger charge is 2.30. The van der Waals surface area contributed by atoms with E-state index in [0.29, 0.717) is 25.9 Å². The van der Waals surface area contributed by atoms with Crippen LogP contribution in [0.25, 0.3) is 11.1 Å². The number of sulfone groups is 1. The maximum Gasteiger partial charge on any atom is 0.437 e. The second-order valence-electron chi connectivity index (χ2n) is 12.3. The van der Waals surface area contributed by atoms with E-state index in [1.807, 2.05) is 0 Å². The van der Waals surface area contributed by atoms with Gasteiger partial charge in [-0.1, -0.05) is 12.1 Å². The third kappa shape index (κ3) is 9.43. The number of anilines is 2. The molecule has 4 N–H and O–H groups in total. The number of rotatable bonds is 8. The van der Waals surface area contributed by atoms with Gasteiger partial charge in [0.1, 0.15) is 22.8 Å². The van der Waals surface area contributed by atoms with Crippen molar-refractivity contribution >= 4 is 80.1 Å². The van der Waals surface area contributed by atoms with Crippen molar-refractivity contribution in [2.24, 2.45) is 15.7 Å². The lowest BCUT2D eigenvalue weighted by Crippen LogP contribution is -2.45. The first-order chi connectivity index (χ1) is 22.2. The van der Waals surface area contributed by atoms with E-state index in [-0.39, 0.29) is 21.2 Å². The number of ether oxygens (including phenoxy) is 2. The van der Waals surface area contributed by atoms with E-state index in [0.717, 1.165) is 16.2 Å². The van der Waals surface area contributed by atoms with Crippen molar-refractivity contribution in [2.45, 2.75) is 73.7 Å². The summed E-state index contributed by atoms with van der Waals surface area (Å²) in [7, 11) is -4.04. The molecule has 3 aromatic rings. The standard InChI is InChI=1S/C32H38N5O8S3/c1-18-13-20(37(30(41)45-32(5,6)7)28(33)36-29(40)44-31(2,3)4)15-22(35-24(39)17-38)26(18)19-11-10-12-21(14-19)48(42,43)23-16-25(34-8)47-27(23)46-9/h8,10-16,38H,17H2,1-7,9H3,(H,35,39)(H2,33,36,40). The Bertz CT molecular complexity index is 1870. The normalized spacial score (nSPS) is 12.3. The molecule has 3 rings (SSSR count). The Labute approximate surface area is 288 Å². The van der Waals surface area contributed by atoms with Gasteiger partial charge in [0, 0.05) is 12.3 Å². The third-order valence-corrected chi connectivity index (χ3v) is 10.3. The van der Waals surface area contributed by atoms with E-state index in [1.165, 1.54) is 42.1 Å². The quantitative estimate of drug-likeness (QED) is 0.133. The molecular formula is C32H38N5O8S3. The number of aliphatic hydroxyl groups excluding tert-OH is 1. The van der Waals surface area contributed by atoms with E-state index in [1.54, 1.807) is 66.9 Å². The van der Waals surface area contributed by atoms with Crippen LogP contribution in [0.15, 0.2) is 66.4 Å². The summed E-state index contributed by atoms with van der Waals surface area (Å²) in [6.07, 6.45) is -0.305. The zero-order valence-electron chi connectivity index (χ0n) is 27.8. The highest BCUT2D eigenvalue weighted by Crippen LogP contribution is 2.42. The first-order valence-electron chi connectivity index (χ1n) is 14.3. The summed E-state index contributed by atoms with van der Waals surface area (Å²) >= 11 is 2.39. The predicted molar refractivity (Wildman–Crippen MR) is 189 cm³/mol. The average molecular weight is 717 g/mol. The maximum atomic E-state index is 13.8. The number of aliphatic hydroxyl groups is 1. The minimum Gasteiger partial charge on any atom is -0.443 e. The van der Waals surface area contributed by atoms with Crippen LogP contribution in [0, 0.1) is 6.92 Å². The van der Waals surface area contributed by atoms with Crippen molar-refractivity contribution in [3.63, 3.8) is 0 Å². The van der Waals surface area contributed by atoms with E-state index >= 15 is 0 Å². The van der Waals surface area contributed by atoms with Gasteiger partial charge in [0.05, 0.1) is 25.4 Å². The molecule has 48 heavy (non-hydrogen) atoms. The van der Waals surface area contributed by atoms with Crippen LogP contribution < -0.4 is 16.0 Å². The highest BCUT2D eigenvalue weighted by molar-refractivity contribution is 8.01. The second-order valence-corrected chi connectivity index (χ2v) is 16.3. The van der Waals surface area contributed by atoms with Crippen LogP contribution in [-0.4, -0.2) is 68.4 Å². The van der Waals surface area contributed by atoms with Crippen LogP contribution in [-0.2, 0) is 24.1 Å². The number of thioether (sulfide) groups is 1. The maximum absolute atomic E-state index is 13.8. The van der Waals surface area contributed by atoms with Crippen LogP contribution in [0.4, 0.5) is 26.0 Å². The number of nitrogens with two attached hydrogens (primary N) is 1. The number of guanidine groups is 1. The Morgan fingerprint density at radius 1 is 1.06 bits per heavy atom. The van der Waals surface area contributed by atoms with Crippen molar-refractivity contribution in [3.8, 4) is 11.1 Å². The molecule has 1 aromatic heterocycles. The molecule has 257 valence electrons. The van der Waals surface area contributed by atoms with Crippen LogP contribution >= 0.6 is 23.1 Å². The first kappa shape index (κ1) is 38.2. The Balaban J connectivity index is 2.26. The Kier molecular flexibility index (Phi) is 11.8. The molecule has 13 nitrogen and oxygen atoms in total. The molecule has 1 radical (unpaired) electrons. The van der Waals surface area contributed by atoms with Crippen molar-refractivity contribution in [1.82, 2.24) is 0 Å². The molecule has 0 unspecified atom stereocenters. The van der Waals surface area contributed by atoms with Crippen molar-refractivity contribution in [2.75, 3.05) is 23.1 Å². The Hall–Kier alpha value is -4.25. The fourth-order valence-electron chi connectivity index (χ4n) is 4.32. The molecule has 0 aliphatic rings. The SMILES string of the molecule is [CH]=Nc1cc(S(=O)(=O)c2cccc(-c3c(C)cc(N(C(=O)OC(C)(C)C)C(N)=NC(=O)OC(C)(C)C)cc3NC(=O)CO)c2)c(SC)s1. The lowest BCUT2D eigenvalue weighted by molar-refractivity contribution is -0.118. The Morgan fingerprint density at radius 3 is 2.27 bits per heavy atom. The fourth-order valence-corrected chi connectivity index (χ4v) is 8.14. The number of amides is 3. The van der Waals surface area contributed by atoms with Crippen molar-refractivity contribution in [1.29, 1.82) is 0 Å². The minimum absolute atomic E-state index is 0.0354. The lowest BCUT2D eigenvalue weighted by atomic mass is 9.97. The van der Waals surface area contributed by atoms with E-state index in [4.69, 9.17) is 21.9 Å². The van der Waals surface area contributed by atoms with E-state index < -0.39 is 51.7 Å². The van der Waals surface area contributed by atoms with Crippen LogP contribution in [0.1, 0.15) is 47.1 Å².